The highest BCUT2D eigenvalue weighted by Crippen LogP contribution is 2.30. The van der Waals surface area contributed by atoms with Crippen LogP contribution in [0.1, 0.15) is 33.6 Å². The first-order valence-electron chi connectivity index (χ1n) is 9.06. The van der Waals surface area contributed by atoms with E-state index in [1.807, 2.05) is 13.8 Å². The maximum absolute atomic E-state index is 12.3. The smallest absolute Gasteiger partial charge is 0.343 e. The van der Waals surface area contributed by atoms with Gasteiger partial charge < -0.3 is 14.8 Å². The van der Waals surface area contributed by atoms with Gasteiger partial charge in [-0.15, -0.1) is 5.10 Å². The summed E-state index contributed by atoms with van der Waals surface area (Å²) in [6, 6.07) is 5.28. The predicted octanol–water partition coefficient (Wildman–Crippen LogP) is 2.90. The molecule has 0 aliphatic carbocycles. The fourth-order valence-electron chi connectivity index (χ4n) is 2.38. The Morgan fingerprint density at radius 3 is 2.67 bits per heavy atom. The van der Waals surface area contributed by atoms with E-state index in [0.29, 0.717) is 42.1 Å². The number of H-pyrrole nitrogens is 1. The van der Waals surface area contributed by atoms with Gasteiger partial charge in [0.25, 0.3) is 0 Å². The van der Waals surface area contributed by atoms with E-state index in [2.05, 4.69) is 22.4 Å². The zero-order valence-corrected chi connectivity index (χ0v) is 16.7. The van der Waals surface area contributed by atoms with Gasteiger partial charge in [-0.2, -0.15) is 0 Å². The molecule has 148 valence electrons. The molecular weight excluding hydrogens is 368 g/mol. The summed E-state index contributed by atoms with van der Waals surface area (Å²) in [5.74, 6) is 1.19. The number of carbonyl (C=O) groups is 1. The molecule has 0 unspecified atom stereocenters. The molecule has 27 heavy (non-hydrogen) atoms. The summed E-state index contributed by atoms with van der Waals surface area (Å²) in [6.45, 7) is 7.47. The molecule has 9 heteroatoms. The number of benzene rings is 1. The Labute approximate surface area is 162 Å². The van der Waals surface area contributed by atoms with E-state index in [0.717, 1.165) is 12.8 Å². The van der Waals surface area contributed by atoms with Crippen LogP contribution in [0.3, 0.4) is 0 Å². The highest BCUT2D eigenvalue weighted by molar-refractivity contribution is 7.99. The number of unbranched alkanes of at least 4 members (excludes halogenated alkanes) is 1. The zero-order chi connectivity index (χ0) is 19.6. The van der Waals surface area contributed by atoms with E-state index in [1.165, 1.54) is 11.8 Å². The second-order valence-electron chi connectivity index (χ2n) is 5.68. The molecule has 0 saturated carbocycles. The molecule has 2 N–H and O–H groups in total. The standard InChI is InChI=1S/C18H26N4O4S/c1-4-7-10-22-17(24)20-21-18(22)27-12-16(23)19-13-8-9-14(25-5-2)15(11-13)26-6-3/h8-9,11H,4-7,10,12H2,1-3H3,(H,19,23)(H,20,24). The molecule has 1 aromatic carbocycles. The van der Waals surface area contributed by atoms with Crippen molar-refractivity contribution in [3.05, 3.63) is 28.7 Å². The van der Waals surface area contributed by atoms with Crippen molar-refractivity contribution in [2.45, 2.75) is 45.3 Å². The lowest BCUT2D eigenvalue weighted by atomic mass is 10.2. The van der Waals surface area contributed by atoms with Crippen molar-refractivity contribution in [2.24, 2.45) is 0 Å². The number of aromatic nitrogens is 3. The van der Waals surface area contributed by atoms with E-state index in [9.17, 15) is 9.59 Å². The molecule has 1 heterocycles. The first-order chi connectivity index (χ1) is 13.1. The molecule has 0 spiro atoms. The Bertz CT molecular complexity index is 803. The van der Waals surface area contributed by atoms with Gasteiger partial charge in [0.2, 0.25) is 5.91 Å². The molecule has 8 nitrogen and oxygen atoms in total. The average molecular weight is 394 g/mol. The topological polar surface area (TPSA) is 98.2 Å². The van der Waals surface area contributed by atoms with Gasteiger partial charge in [0, 0.05) is 18.3 Å². The molecule has 0 atom stereocenters. The Hall–Kier alpha value is -2.42. The number of hydrogen-bond acceptors (Lipinski definition) is 6. The van der Waals surface area contributed by atoms with E-state index < -0.39 is 0 Å². The maximum Gasteiger partial charge on any atom is 0.343 e. The lowest BCUT2D eigenvalue weighted by Crippen LogP contribution is -2.19. The number of nitrogens with zero attached hydrogens (tertiary/aromatic N) is 2. The fraction of sp³-hybridized carbons (Fsp3) is 0.500. The van der Waals surface area contributed by atoms with Crippen LogP contribution in [0.25, 0.3) is 0 Å². The van der Waals surface area contributed by atoms with Crippen LogP contribution in [-0.2, 0) is 11.3 Å². The van der Waals surface area contributed by atoms with Crippen LogP contribution < -0.4 is 20.5 Å². The van der Waals surface area contributed by atoms with E-state index >= 15 is 0 Å². The van der Waals surface area contributed by atoms with E-state index in [1.54, 1.807) is 22.8 Å². The normalized spacial score (nSPS) is 10.6. The summed E-state index contributed by atoms with van der Waals surface area (Å²) in [5, 5.41) is 9.77. The predicted molar refractivity (Wildman–Crippen MR) is 106 cm³/mol. The molecule has 0 fully saturated rings. The van der Waals surface area contributed by atoms with Crippen LogP contribution in [-0.4, -0.2) is 39.6 Å². The third-order valence-electron chi connectivity index (χ3n) is 3.62. The molecule has 0 radical (unpaired) electrons. The van der Waals surface area contributed by atoms with Gasteiger partial charge in [-0.3, -0.25) is 9.36 Å². The van der Waals surface area contributed by atoms with Crippen LogP contribution in [0, 0.1) is 0 Å². The molecule has 0 saturated heterocycles. The minimum atomic E-state index is -0.251. The number of anilines is 1. The van der Waals surface area contributed by atoms with Crippen molar-refractivity contribution < 1.29 is 14.3 Å². The number of hydrogen-bond donors (Lipinski definition) is 2. The van der Waals surface area contributed by atoms with Crippen molar-refractivity contribution in [2.75, 3.05) is 24.3 Å². The molecule has 0 aliphatic heterocycles. The quantitative estimate of drug-likeness (QED) is 0.569. The van der Waals surface area contributed by atoms with Crippen LogP contribution in [0.5, 0.6) is 11.5 Å². The Balaban J connectivity index is 1.98. The summed E-state index contributed by atoms with van der Waals surface area (Å²) < 4.78 is 12.6. The van der Waals surface area contributed by atoms with Gasteiger partial charge in [-0.25, -0.2) is 9.89 Å². The molecule has 1 amide bonds. The average Bonchev–Trinajstić information content (AvgIpc) is 3.00. The first kappa shape index (κ1) is 20.9. The highest BCUT2D eigenvalue weighted by atomic mass is 32.2. The summed E-state index contributed by atoms with van der Waals surface area (Å²) in [5.41, 5.74) is 0.372. The lowest BCUT2D eigenvalue weighted by molar-refractivity contribution is -0.113. The monoisotopic (exact) mass is 394 g/mol. The van der Waals surface area contributed by atoms with Crippen molar-refractivity contribution in [3.8, 4) is 11.5 Å². The summed E-state index contributed by atoms with van der Waals surface area (Å²) in [7, 11) is 0. The first-order valence-corrected chi connectivity index (χ1v) is 10.0. The third-order valence-corrected chi connectivity index (χ3v) is 4.59. The number of amides is 1. The number of rotatable bonds is 11. The lowest BCUT2D eigenvalue weighted by Gasteiger charge is -2.13. The van der Waals surface area contributed by atoms with Gasteiger partial charge in [-0.1, -0.05) is 25.1 Å². The molecule has 0 bridgehead atoms. The van der Waals surface area contributed by atoms with Crippen molar-refractivity contribution in [1.82, 2.24) is 14.8 Å². The van der Waals surface area contributed by atoms with Crippen molar-refractivity contribution in [3.63, 3.8) is 0 Å². The number of carbonyl (C=O) groups excluding carboxylic acids is 1. The molecule has 2 rings (SSSR count). The molecule has 2 aromatic rings. The minimum absolute atomic E-state index is 0.146. The zero-order valence-electron chi connectivity index (χ0n) is 15.9. The van der Waals surface area contributed by atoms with Crippen molar-refractivity contribution in [1.29, 1.82) is 0 Å². The third kappa shape index (κ3) is 6.06. The molecular formula is C18H26N4O4S. The number of nitrogens with one attached hydrogen (secondary N) is 2. The maximum atomic E-state index is 12.3. The second kappa shape index (κ2) is 10.7. The fourth-order valence-corrected chi connectivity index (χ4v) is 3.16. The number of ether oxygens (including phenoxy) is 2. The van der Waals surface area contributed by atoms with Gasteiger partial charge in [0.05, 0.1) is 19.0 Å². The van der Waals surface area contributed by atoms with Crippen LogP contribution in [0.4, 0.5) is 5.69 Å². The molecule has 0 aliphatic rings. The van der Waals surface area contributed by atoms with E-state index in [4.69, 9.17) is 9.47 Å². The summed E-state index contributed by atoms with van der Waals surface area (Å²) in [4.78, 5) is 24.0. The Kier molecular flexibility index (Phi) is 8.25. The highest BCUT2D eigenvalue weighted by Gasteiger charge is 2.12. The molecule has 1 aromatic heterocycles. The number of aromatic amines is 1. The van der Waals surface area contributed by atoms with E-state index in [-0.39, 0.29) is 17.3 Å². The van der Waals surface area contributed by atoms with Crippen LogP contribution in [0.15, 0.2) is 28.2 Å². The van der Waals surface area contributed by atoms with Crippen molar-refractivity contribution >= 4 is 23.4 Å². The summed E-state index contributed by atoms with van der Waals surface area (Å²) in [6.07, 6.45) is 1.85. The van der Waals surface area contributed by atoms with Crippen LogP contribution >= 0.6 is 11.8 Å². The van der Waals surface area contributed by atoms with Gasteiger partial charge in [0.15, 0.2) is 16.7 Å². The minimum Gasteiger partial charge on any atom is -0.490 e. The Morgan fingerprint density at radius 1 is 1.22 bits per heavy atom. The van der Waals surface area contributed by atoms with Gasteiger partial charge in [-0.05, 0) is 32.4 Å². The van der Waals surface area contributed by atoms with Gasteiger partial charge >= 0.3 is 5.69 Å². The van der Waals surface area contributed by atoms with Crippen LogP contribution in [0.2, 0.25) is 0 Å². The largest absolute Gasteiger partial charge is 0.490 e. The summed E-state index contributed by atoms with van der Waals surface area (Å²) >= 11 is 1.22. The Morgan fingerprint density at radius 2 is 1.96 bits per heavy atom. The second-order valence-corrected chi connectivity index (χ2v) is 6.62. The van der Waals surface area contributed by atoms with Gasteiger partial charge in [0.1, 0.15) is 0 Å². The SMILES string of the molecule is CCCCn1c(SCC(=O)Nc2ccc(OCC)c(OCC)c2)n[nH]c1=O. The number of thioether (sulfide) groups is 1.